The van der Waals surface area contributed by atoms with E-state index in [0.29, 0.717) is 37.3 Å². The number of carbonyl (C=O) groups excluding carboxylic acids is 1. The van der Waals surface area contributed by atoms with Gasteiger partial charge in [0.15, 0.2) is 0 Å². The normalized spacial score (nSPS) is 18.3. The van der Waals surface area contributed by atoms with Crippen molar-refractivity contribution < 1.29 is 22.7 Å². The van der Waals surface area contributed by atoms with E-state index in [9.17, 15) is 18.0 Å². The van der Waals surface area contributed by atoms with Crippen molar-refractivity contribution in [1.29, 1.82) is 0 Å². The van der Waals surface area contributed by atoms with Gasteiger partial charge in [0.05, 0.1) is 19.2 Å². The predicted octanol–water partition coefficient (Wildman–Crippen LogP) is 6.63. The largest absolute Gasteiger partial charge is 0.469 e. The number of esters is 1. The molecule has 3 rings (SSSR count). The molecule has 12 heteroatoms. The number of nitrogens with zero attached hydrogens (tertiary/aromatic N) is 7. The molecule has 0 aromatic heterocycles. The molecule has 1 saturated heterocycles. The first-order valence-electron chi connectivity index (χ1n) is 10.9. The molecule has 35 heavy (non-hydrogen) atoms. The van der Waals surface area contributed by atoms with Gasteiger partial charge in [0.1, 0.15) is 0 Å². The number of rotatable bonds is 8. The first kappa shape index (κ1) is 25.9. The Balaban J connectivity index is 1.86. The van der Waals surface area contributed by atoms with Crippen LogP contribution in [0.3, 0.4) is 0 Å². The molecular weight excluding hydrogens is 463 g/mol. The summed E-state index contributed by atoms with van der Waals surface area (Å²) >= 11 is 0. The number of alkyl halides is 3. The van der Waals surface area contributed by atoms with Crippen LogP contribution >= 0.6 is 0 Å². The fourth-order valence-corrected chi connectivity index (χ4v) is 4.49. The van der Waals surface area contributed by atoms with E-state index in [2.05, 4.69) is 25.0 Å². The van der Waals surface area contributed by atoms with Gasteiger partial charge in [-0.25, -0.2) is 0 Å². The van der Waals surface area contributed by atoms with E-state index in [1.54, 1.807) is 12.1 Å². The van der Waals surface area contributed by atoms with Gasteiger partial charge in [-0.05, 0) is 70.3 Å². The minimum atomic E-state index is -4.41. The lowest BCUT2D eigenvalue weighted by atomic mass is 9.82. The maximum atomic E-state index is 13.0. The summed E-state index contributed by atoms with van der Waals surface area (Å²) in [4.78, 5) is 19.7. The molecule has 1 heterocycles. The number of halogens is 3. The molecule has 0 saturated carbocycles. The van der Waals surface area contributed by atoms with Gasteiger partial charge >= 0.3 is 12.1 Å². The second-order valence-electron chi connectivity index (χ2n) is 8.48. The second-order valence-corrected chi connectivity index (χ2v) is 8.48. The number of carbonyl (C=O) groups is 1. The second kappa shape index (κ2) is 11.6. The Morgan fingerprint density at radius 2 is 1.83 bits per heavy atom. The third-order valence-electron chi connectivity index (χ3n) is 5.93. The highest BCUT2D eigenvalue weighted by Crippen LogP contribution is 2.35. The molecule has 0 amide bonds. The van der Waals surface area contributed by atoms with Crippen molar-refractivity contribution in [1.82, 2.24) is 4.90 Å². The molecule has 0 N–H and O–H groups in total. The van der Waals surface area contributed by atoms with Crippen LogP contribution in [0, 0.1) is 5.92 Å². The lowest BCUT2D eigenvalue weighted by Crippen LogP contribution is -2.40. The molecule has 0 radical (unpaired) electrons. The van der Waals surface area contributed by atoms with Crippen LogP contribution in [0.2, 0.25) is 0 Å². The molecule has 2 atom stereocenters. The van der Waals surface area contributed by atoms with E-state index in [1.807, 2.05) is 6.07 Å². The van der Waals surface area contributed by atoms with E-state index in [1.165, 1.54) is 19.2 Å². The van der Waals surface area contributed by atoms with Gasteiger partial charge in [-0.15, -0.1) is 0 Å². The first-order valence-corrected chi connectivity index (χ1v) is 10.9. The van der Waals surface area contributed by atoms with Crippen LogP contribution in [-0.4, -0.2) is 31.1 Å². The number of likely N-dealkylation sites (tertiary alicyclic amines) is 1. The molecule has 1 aliphatic heterocycles. The Bertz CT molecular complexity index is 1140. The summed E-state index contributed by atoms with van der Waals surface area (Å²) in [5.41, 5.74) is 19.4. The summed E-state index contributed by atoms with van der Waals surface area (Å²) in [5, 5.41) is 7.22. The first-order chi connectivity index (χ1) is 16.7. The molecule has 0 bridgehead atoms. The highest BCUT2D eigenvalue weighted by Gasteiger charge is 2.32. The van der Waals surface area contributed by atoms with Crippen molar-refractivity contribution in [2.75, 3.05) is 20.2 Å². The lowest BCUT2D eigenvalue weighted by Gasteiger charge is -2.38. The molecule has 0 aliphatic carbocycles. The highest BCUT2D eigenvalue weighted by molar-refractivity contribution is 5.69. The maximum absolute atomic E-state index is 13.0. The minimum Gasteiger partial charge on any atom is -0.469 e. The number of hydrogen-bond donors (Lipinski definition) is 0. The van der Waals surface area contributed by atoms with Gasteiger partial charge in [0.25, 0.3) is 0 Å². The van der Waals surface area contributed by atoms with Crippen molar-refractivity contribution >= 4 is 11.7 Å². The average Bonchev–Trinajstić information content (AvgIpc) is 2.82. The molecule has 2 aromatic carbocycles. The van der Waals surface area contributed by atoms with Gasteiger partial charge in [0.2, 0.25) is 0 Å². The zero-order chi connectivity index (χ0) is 25.4. The molecule has 2 unspecified atom stereocenters. The SMILES string of the molecule is COC(=O)CC1CC(c2ccc(C(F)(F)F)cc2)CN(Cc2cc(CN=[N+]=[N-])cc(N=[N+]=[N-])c2)C1. The third kappa shape index (κ3) is 7.38. The van der Waals surface area contributed by atoms with Crippen LogP contribution < -0.4 is 0 Å². The summed E-state index contributed by atoms with van der Waals surface area (Å²) in [6.07, 6.45) is -3.57. The predicted molar refractivity (Wildman–Crippen MR) is 122 cm³/mol. The van der Waals surface area contributed by atoms with Crippen LogP contribution in [0.15, 0.2) is 52.7 Å². The topological polar surface area (TPSA) is 127 Å². The molecule has 9 nitrogen and oxygen atoms in total. The molecule has 0 spiro atoms. The van der Waals surface area contributed by atoms with Gasteiger partial charge in [0, 0.05) is 41.6 Å². The quantitative estimate of drug-likeness (QED) is 0.179. The number of ether oxygens (including phenoxy) is 1. The smallest absolute Gasteiger partial charge is 0.416 e. The highest BCUT2D eigenvalue weighted by atomic mass is 19.4. The van der Waals surface area contributed by atoms with Crippen molar-refractivity contribution in [3.63, 3.8) is 0 Å². The van der Waals surface area contributed by atoms with E-state index < -0.39 is 11.7 Å². The number of methoxy groups -OCH3 is 1. The van der Waals surface area contributed by atoms with Gasteiger partial charge in [-0.3, -0.25) is 9.69 Å². The molecule has 1 fully saturated rings. The fraction of sp³-hybridized carbons (Fsp3) is 0.435. The van der Waals surface area contributed by atoms with Crippen molar-refractivity contribution in [2.24, 2.45) is 16.1 Å². The zero-order valence-electron chi connectivity index (χ0n) is 19.0. The van der Waals surface area contributed by atoms with Crippen LogP contribution in [0.5, 0.6) is 0 Å². The summed E-state index contributed by atoms with van der Waals surface area (Å²) in [6, 6.07) is 10.4. The van der Waals surface area contributed by atoms with Crippen molar-refractivity contribution in [2.45, 2.75) is 38.0 Å². The van der Waals surface area contributed by atoms with E-state index in [4.69, 9.17) is 15.8 Å². The van der Waals surface area contributed by atoms with Gasteiger partial charge in [-0.2, -0.15) is 13.2 Å². The number of benzene rings is 2. The Hall–Kier alpha value is -3.72. The van der Waals surface area contributed by atoms with Crippen LogP contribution in [-0.2, 0) is 28.8 Å². The number of azide groups is 2. The summed E-state index contributed by atoms with van der Waals surface area (Å²) in [7, 11) is 1.32. The lowest BCUT2D eigenvalue weighted by molar-refractivity contribution is -0.142. The fourth-order valence-electron chi connectivity index (χ4n) is 4.49. The summed E-state index contributed by atoms with van der Waals surface area (Å²) in [6.45, 7) is 1.70. The van der Waals surface area contributed by atoms with Crippen LogP contribution in [0.1, 0.15) is 41.0 Å². The number of piperidine rings is 1. The number of hydrogen-bond acceptors (Lipinski definition) is 5. The molecular formula is C23H24F3N7O2. The Morgan fingerprint density at radius 1 is 1.11 bits per heavy atom. The standard InChI is InChI=1S/C23H24F3N7O2/c1-35-22(34)10-17-7-19(18-2-4-20(5-3-18)23(24,25)26)14-33(13-17)12-16-6-15(11-29-31-27)8-21(9-16)30-32-28/h2-6,8-9,17,19H,7,10-14H2,1H3. The summed E-state index contributed by atoms with van der Waals surface area (Å²) in [5.74, 6) is -0.472. The van der Waals surface area contributed by atoms with E-state index in [0.717, 1.165) is 23.3 Å². The van der Waals surface area contributed by atoms with Crippen LogP contribution in [0.4, 0.5) is 18.9 Å². The average molecular weight is 487 g/mol. The zero-order valence-corrected chi connectivity index (χ0v) is 19.0. The monoisotopic (exact) mass is 487 g/mol. The van der Waals surface area contributed by atoms with Crippen LogP contribution in [0.25, 0.3) is 20.9 Å². The summed E-state index contributed by atoms with van der Waals surface area (Å²) < 4.78 is 43.8. The minimum absolute atomic E-state index is 0.0496. The molecule has 184 valence electrons. The van der Waals surface area contributed by atoms with Gasteiger partial charge in [-0.1, -0.05) is 28.4 Å². The Kier molecular flexibility index (Phi) is 8.59. The molecule has 2 aromatic rings. The van der Waals surface area contributed by atoms with E-state index >= 15 is 0 Å². The Labute approximate surface area is 199 Å². The molecule has 1 aliphatic rings. The van der Waals surface area contributed by atoms with Gasteiger partial charge < -0.3 is 4.74 Å². The van der Waals surface area contributed by atoms with E-state index in [-0.39, 0.29) is 30.8 Å². The third-order valence-corrected chi connectivity index (χ3v) is 5.93. The van der Waals surface area contributed by atoms with Crippen molar-refractivity contribution in [3.05, 3.63) is 85.6 Å². The maximum Gasteiger partial charge on any atom is 0.416 e. The van der Waals surface area contributed by atoms with Crippen molar-refractivity contribution in [3.8, 4) is 0 Å². The Morgan fingerprint density at radius 3 is 2.46 bits per heavy atom.